The van der Waals surface area contributed by atoms with E-state index in [1.807, 2.05) is 0 Å². The maximum atomic E-state index is 12.3. The van der Waals surface area contributed by atoms with Crippen molar-refractivity contribution < 1.29 is 9.53 Å². The number of unbranched alkanes of at least 4 members (excludes halogenated alkanes) is 1. The third-order valence-electron chi connectivity index (χ3n) is 4.43. The largest absolute Gasteiger partial charge is 0.501 e. The lowest BCUT2D eigenvalue weighted by Crippen LogP contribution is -2.24. The average molecular weight is 250 g/mol. The van der Waals surface area contributed by atoms with Crippen molar-refractivity contribution in [3.8, 4) is 0 Å². The Kier molecular flexibility index (Phi) is 5.27. The molecule has 0 aromatic heterocycles. The Morgan fingerprint density at radius 3 is 2.72 bits per heavy atom. The van der Waals surface area contributed by atoms with Crippen molar-refractivity contribution in [1.29, 1.82) is 0 Å². The van der Waals surface area contributed by atoms with Gasteiger partial charge in [-0.15, -0.1) is 0 Å². The van der Waals surface area contributed by atoms with Crippen molar-refractivity contribution in [3.05, 3.63) is 11.8 Å². The minimum atomic E-state index is 0.288. The minimum Gasteiger partial charge on any atom is -0.501 e. The Bertz CT molecular complexity index is 298. The summed E-state index contributed by atoms with van der Waals surface area (Å²) in [6.07, 6.45) is 12.4. The highest BCUT2D eigenvalue weighted by atomic mass is 16.5. The van der Waals surface area contributed by atoms with E-state index in [0.29, 0.717) is 5.78 Å². The summed E-state index contributed by atoms with van der Waals surface area (Å²) in [6, 6.07) is 0. The second-order valence-electron chi connectivity index (χ2n) is 5.84. The molecule has 0 unspecified atom stereocenters. The Hall–Kier alpha value is -0.790. The van der Waals surface area contributed by atoms with Crippen LogP contribution in [-0.4, -0.2) is 12.4 Å². The van der Waals surface area contributed by atoms with E-state index in [1.165, 1.54) is 32.1 Å². The second kappa shape index (κ2) is 6.96. The lowest BCUT2D eigenvalue weighted by atomic mass is 9.76. The van der Waals surface area contributed by atoms with E-state index in [-0.39, 0.29) is 5.92 Å². The van der Waals surface area contributed by atoms with Crippen molar-refractivity contribution in [1.82, 2.24) is 0 Å². The van der Waals surface area contributed by atoms with E-state index in [9.17, 15) is 4.79 Å². The summed E-state index contributed by atoms with van der Waals surface area (Å²) < 4.78 is 5.29. The van der Waals surface area contributed by atoms with Gasteiger partial charge in [0.25, 0.3) is 0 Å². The van der Waals surface area contributed by atoms with Crippen LogP contribution < -0.4 is 0 Å². The summed E-state index contributed by atoms with van der Waals surface area (Å²) in [5.41, 5.74) is 0.943. The predicted molar refractivity (Wildman–Crippen MR) is 73.2 cm³/mol. The van der Waals surface area contributed by atoms with E-state index < -0.39 is 0 Å². The standard InChI is InChI=1S/C16H26O2/c1-2-3-5-13-7-9-14(10-8-13)16(17)15-6-4-11-18-12-15/h12-14H,2-11H2,1H3. The molecular formula is C16H26O2. The van der Waals surface area contributed by atoms with Gasteiger partial charge in [-0.2, -0.15) is 0 Å². The predicted octanol–water partition coefficient (Wildman–Crippen LogP) is 4.25. The third-order valence-corrected chi connectivity index (χ3v) is 4.43. The first-order valence-electron chi connectivity index (χ1n) is 7.66. The van der Waals surface area contributed by atoms with Crippen molar-refractivity contribution in [3.63, 3.8) is 0 Å². The van der Waals surface area contributed by atoms with Crippen molar-refractivity contribution >= 4 is 5.78 Å². The molecule has 1 heterocycles. The van der Waals surface area contributed by atoms with Gasteiger partial charge in [0.1, 0.15) is 0 Å². The van der Waals surface area contributed by atoms with Gasteiger partial charge in [-0.3, -0.25) is 4.79 Å². The molecule has 2 aliphatic rings. The number of carbonyl (C=O) groups excluding carboxylic acids is 1. The van der Waals surface area contributed by atoms with Gasteiger partial charge in [0, 0.05) is 11.5 Å². The SMILES string of the molecule is CCCCC1CCC(C(=O)C2=COCCC2)CC1. The zero-order valence-electron chi connectivity index (χ0n) is 11.6. The molecule has 0 bridgehead atoms. The highest BCUT2D eigenvalue weighted by Crippen LogP contribution is 2.34. The Balaban J connectivity index is 1.78. The number of ether oxygens (including phenoxy) is 1. The first-order valence-corrected chi connectivity index (χ1v) is 7.66. The van der Waals surface area contributed by atoms with Gasteiger partial charge < -0.3 is 4.74 Å². The van der Waals surface area contributed by atoms with E-state index >= 15 is 0 Å². The lowest BCUT2D eigenvalue weighted by molar-refractivity contribution is -0.120. The molecule has 0 aromatic carbocycles. The molecule has 1 fully saturated rings. The first-order chi connectivity index (χ1) is 8.81. The Morgan fingerprint density at radius 2 is 2.11 bits per heavy atom. The van der Waals surface area contributed by atoms with Crippen LogP contribution >= 0.6 is 0 Å². The monoisotopic (exact) mass is 250 g/mol. The van der Waals surface area contributed by atoms with E-state index in [0.717, 1.165) is 43.8 Å². The minimum absolute atomic E-state index is 0.288. The van der Waals surface area contributed by atoms with E-state index in [2.05, 4.69) is 6.92 Å². The number of hydrogen-bond acceptors (Lipinski definition) is 2. The Labute approximate surface area is 111 Å². The molecular weight excluding hydrogens is 224 g/mol. The van der Waals surface area contributed by atoms with Gasteiger partial charge in [-0.1, -0.05) is 26.2 Å². The second-order valence-corrected chi connectivity index (χ2v) is 5.84. The number of carbonyl (C=O) groups is 1. The van der Waals surface area contributed by atoms with Crippen LogP contribution in [-0.2, 0) is 9.53 Å². The van der Waals surface area contributed by atoms with Crippen LogP contribution in [0.2, 0.25) is 0 Å². The normalized spacial score (nSPS) is 28.4. The topological polar surface area (TPSA) is 26.3 Å². The molecule has 0 amide bonds. The summed E-state index contributed by atoms with van der Waals surface area (Å²) in [4.78, 5) is 12.3. The molecule has 0 aromatic rings. The maximum Gasteiger partial charge on any atom is 0.164 e. The molecule has 0 radical (unpaired) electrons. The van der Waals surface area contributed by atoms with Gasteiger partial charge >= 0.3 is 0 Å². The molecule has 0 N–H and O–H groups in total. The number of allylic oxidation sites excluding steroid dienone is 1. The van der Waals surface area contributed by atoms with E-state index in [1.54, 1.807) is 6.26 Å². The van der Waals surface area contributed by atoms with Gasteiger partial charge in [0.2, 0.25) is 0 Å². The van der Waals surface area contributed by atoms with Crippen LogP contribution in [0.4, 0.5) is 0 Å². The third kappa shape index (κ3) is 3.60. The molecule has 1 saturated carbocycles. The van der Waals surface area contributed by atoms with Crippen LogP contribution in [0.1, 0.15) is 64.7 Å². The molecule has 2 rings (SSSR count). The summed E-state index contributed by atoms with van der Waals surface area (Å²) in [6.45, 7) is 3.03. The number of Topliss-reactive ketones (excluding diaryl/α,β-unsaturated/α-hetero) is 1. The molecule has 102 valence electrons. The highest BCUT2D eigenvalue weighted by molar-refractivity contribution is 5.97. The number of hydrogen-bond donors (Lipinski definition) is 0. The molecule has 18 heavy (non-hydrogen) atoms. The number of rotatable bonds is 5. The van der Waals surface area contributed by atoms with Gasteiger partial charge in [0.05, 0.1) is 12.9 Å². The Morgan fingerprint density at radius 1 is 1.33 bits per heavy atom. The fourth-order valence-electron chi connectivity index (χ4n) is 3.21. The van der Waals surface area contributed by atoms with Crippen LogP contribution in [0.15, 0.2) is 11.8 Å². The molecule has 0 atom stereocenters. The van der Waals surface area contributed by atoms with E-state index in [4.69, 9.17) is 4.74 Å². The zero-order chi connectivity index (χ0) is 12.8. The number of ketones is 1. The van der Waals surface area contributed by atoms with Gasteiger partial charge in [-0.25, -0.2) is 0 Å². The average Bonchev–Trinajstić information content (AvgIpc) is 2.46. The molecule has 0 saturated heterocycles. The van der Waals surface area contributed by atoms with Crippen LogP contribution in [0, 0.1) is 11.8 Å². The summed E-state index contributed by atoms with van der Waals surface area (Å²) in [5, 5.41) is 0. The first kappa shape index (κ1) is 13.6. The summed E-state index contributed by atoms with van der Waals surface area (Å²) in [5.74, 6) is 1.55. The fraction of sp³-hybridized carbons (Fsp3) is 0.812. The smallest absolute Gasteiger partial charge is 0.164 e. The van der Waals surface area contributed by atoms with Crippen molar-refractivity contribution in [2.75, 3.05) is 6.61 Å². The molecule has 2 heteroatoms. The molecule has 2 nitrogen and oxygen atoms in total. The zero-order valence-corrected chi connectivity index (χ0v) is 11.6. The van der Waals surface area contributed by atoms with Crippen molar-refractivity contribution in [2.45, 2.75) is 64.7 Å². The van der Waals surface area contributed by atoms with Crippen molar-refractivity contribution in [2.24, 2.45) is 11.8 Å². The maximum absolute atomic E-state index is 12.3. The summed E-state index contributed by atoms with van der Waals surface area (Å²) in [7, 11) is 0. The fourth-order valence-corrected chi connectivity index (χ4v) is 3.21. The lowest BCUT2D eigenvalue weighted by Gasteiger charge is -2.28. The molecule has 1 aliphatic carbocycles. The van der Waals surface area contributed by atoms with Crippen LogP contribution in [0.5, 0.6) is 0 Å². The summed E-state index contributed by atoms with van der Waals surface area (Å²) >= 11 is 0. The highest BCUT2D eigenvalue weighted by Gasteiger charge is 2.28. The molecule has 1 aliphatic heterocycles. The van der Waals surface area contributed by atoms with Crippen LogP contribution in [0.3, 0.4) is 0 Å². The van der Waals surface area contributed by atoms with Gasteiger partial charge in [-0.05, 0) is 44.4 Å². The van der Waals surface area contributed by atoms with Gasteiger partial charge in [0.15, 0.2) is 5.78 Å². The quantitative estimate of drug-likeness (QED) is 0.729. The van der Waals surface area contributed by atoms with Crippen LogP contribution in [0.25, 0.3) is 0 Å². The molecule has 0 spiro atoms.